The van der Waals surface area contributed by atoms with Gasteiger partial charge in [-0.2, -0.15) is 8.78 Å². The Morgan fingerprint density at radius 3 is 2.47 bits per heavy atom. The van der Waals surface area contributed by atoms with Gasteiger partial charge >= 0.3 is 6.61 Å². The molecule has 1 N–H and O–H groups in total. The normalized spacial score (nSPS) is 11.1. The number of halogens is 2. The third-order valence-electron chi connectivity index (χ3n) is 4.86. The summed E-state index contributed by atoms with van der Waals surface area (Å²) in [6.45, 7) is -0.324. The fraction of sp³-hybridized carbons (Fsp3) is 0.125. The number of amides is 1. The van der Waals surface area contributed by atoms with Gasteiger partial charge < -0.3 is 14.6 Å². The largest absolute Gasteiger partial charge is 0.434 e. The van der Waals surface area contributed by atoms with Gasteiger partial charge in [-0.15, -0.1) is 0 Å². The maximum atomic E-state index is 12.8. The van der Waals surface area contributed by atoms with Gasteiger partial charge in [-0.1, -0.05) is 60.2 Å². The molecule has 0 bridgehead atoms. The fourth-order valence-electron chi connectivity index (χ4n) is 3.41. The highest BCUT2D eigenvalue weighted by Crippen LogP contribution is 2.28. The number of fused-ring (bicyclic) bond motifs is 1. The van der Waals surface area contributed by atoms with E-state index in [1.807, 2.05) is 37.4 Å². The topological polar surface area (TPSA) is 43.3 Å². The third-order valence-corrected chi connectivity index (χ3v) is 4.86. The third kappa shape index (κ3) is 4.17. The van der Waals surface area contributed by atoms with Crippen molar-refractivity contribution in [1.29, 1.82) is 0 Å². The molecular weight excluding hydrogens is 386 g/mol. The highest BCUT2D eigenvalue weighted by molar-refractivity contribution is 6.10. The molecule has 4 aromatic rings. The van der Waals surface area contributed by atoms with Gasteiger partial charge in [-0.05, 0) is 30.7 Å². The molecule has 30 heavy (non-hydrogen) atoms. The second-order valence-electron chi connectivity index (χ2n) is 7.00. The minimum absolute atomic E-state index is 0.0492. The maximum absolute atomic E-state index is 12.8. The lowest BCUT2D eigenvalue weighted by molar-refractivity contribution is -0.0501. The van der Waals surface area contributed by atoms with E-state index in [-0.39, 0.29) is 11.3 Å². The smallest absolute Gasteiger partial charge is 0.387 e. The Morgan fingerprint density at radius 2 is 1.70 bits per heavy atom. The zero-order chi connectivity index (χ0) is 21.1. The van der Waals surface area contributed by atoms with Crippen LogP contribution in [-0.4, -0.2) is 17.1 Å². The number of hydrogen-bond donors (Lipinski definition) is 1. The SMILES string of the molecule is Cc1ccc(Cn2cc(NC(=O)c3ccccc3OC(F)F)c3ccccc32)cc1. The van der Waals surface area contributed by atoms with E-state index in [0.29, 0.717) is 12.2 Å². The van der Waals surface area contributed by atoms with Crippen molar-refractivity contribution in [3.8, 4) is 5.75 Å². The summed E-state index contributed by atoms with van der Waals surface area (Å²) in [6.07, 6.45) is 1.86. The second kappa shape index (κ2) is 8.37. The molecule has 0 saturated heterocycles. The van der Waals surface area contributed by atoms with Gasteiger partial charge in [-0.3, -0.25) is 4.79 Å². The number of para-hydroxylation sites is 2. The number of nitrogens with zero attached hydrogens (tertiary/aromatic N) is 1. The Bertz CT molecular complexity index is 1180. The van der Waals surface area contributed by atoms with Gasteiger partial charge in [0.1, 0.15) is 5.75 Å². The van der Waals surface area contributed by atoms with Crippen LogP contribution in [0.15, 0.2) is 79.0 Å². The summed E-state index contributed by atoms with van der Waals surface area (Å²) in [5, 5.41) is 3.71. The fourth-order valence-corrected chi connectivity index (χ4v) is 3.41. The predicted molar refractivity (Wildman–Crippen MR) is 113 cm³/mol. The van der Waals surface area contributed by atoms with Gasteiger partial charge in [0.15, 0.2) is 0 Å². The second-order valence-corrected chi connectivity index (χ2v) is 7.00. The summed E-state index contributed by atoms with van der Waals surface area (Å²) in [4.78, 5) is 12.8. The van der Waals surface area contributed by atoms with E-state index in [1.165, 1.54) is 17.7 Å². The van der Waals surface area contributed by atoms with E-state index in [2.05, 4.69) is 38.9 Å². The number of nitrogens with one attached hydrogen (secondary N) is 1. The summed E-state index contributed by atoms with van der Waals surface area (Å²) < 4.78 is 31.9. The number of aryl methyl sites for hydroxylation is 1. The average molecular weight is 406 g/mol. The Labute approximate surface area is 172 Å². The standard InChI is InChI=1S/C24H20F2N2O2/c1-16-10-12-17(13-11-16)14-28-15-20(18-6-2-4-8-21(18)28)27-23(29)19-7-3-5-9-22(19)30-24(25)26/h2-13,15,24H,14H2,1H3,(H,27,29). The van der Waals surface area contributed by atoms with E-state index in [9.17, 15) is 13.6 Å². The molecular formula is C24H20F2N2O2. The quantitative estimate of drug-likeness (QED) is 0.436. The summed E-state index contributed by atoms with van der Waals surface area (Å²) in [7, 11) is 0. The Balaban J connectivity index is 1.65. The lowest BCUT2D eigenvalue weighted by Gasteiger charge is -2.10. The van der Waals surface area contributed by atoms with Crippen molar-refractivity contribution in [2.24, 2.45) is 0 Å². The lowest BCUT2D eigenvalue weighted by atomic mass is 10.1. The molecule has 1 amide bonds. The summed E-state index contributed by atoms with van der Waals surface area (Å²) >= 11 is 0. The zero-order valence-electron chi connectivity index (χ0n) is 16.3. The minimum atomic E-state index is -3.00. The van der Waals surface area contributed by atoms with Crippen molar-refractivity contribution >= 4 is 22.5 Å². The number of alkyl halides is 2. The molecule has 0 fully saturated rings. The molecule has 0 atom stereocenters. The Hall–Kier alpha value is -3.67. The van der Waals surface area contributed by atoms with E-state index in [1.54, 1.807) is 12.1 Å². The molecule has 1 heterocycles. The molecule has 0 saturated carbocycles. The van der Waals surface area contributed by atoms with E-state index in [0.717, 1.165) is 16.5 Å². The van der Waals surface area contributed by atoms with Crippen LogP contribution < -0.4 is 10.1 Å². The van der Waals surface area contributed by atoms with Gasteiger partial charge in [-0.25, -0.2) is 0 Å². The maximum Gasteiger partial charge on any atom is 0.387 e. The molecule has 0 radical (unpaired) electrons. The molecule has 0 unspecified atom stereocenters. The summed E-state index contributed by atoms with van der Waals surface area (Å²) in [6, 6.07) is 21.9. The molecule has 3 aromatic carbocycles. The summed E-state index contributed by atoms with van der Waals surface area (Å²) in [5.41, 5.74) is 3.94. The number of carbonyl (C=O) groups excluding carboxylic acids is 1. The zero-order valence-corrected chi connectivity index (χ0v) is 16.3. The van der Waals surface area contributed by atoms with Crippen molar-refractivity contribution in [2.45, 2.75) is 20.1 Å². The van der Waals surface area contributed by atoms with Crippen LogP contribution in [-0.2, 0) is 6.54 Å². The van der Waals surface area contributed by atoms with Crippen molar-refractivity contribution in [1.82, 2.24) is 4.57 Å². The molecule has 0 aliphatic carbocycles. The molecule has 0 aliphatic rings. The lowest BCUT2D eigenvalue weighted by Crippen LogP contribution is -2.14. The Morgan fingerprint density at radius 1 is 1.00 bits per heavy atom. The number of rotatable bonds is 6. The highest BCUT2D eigenvalue weighted by atomic mass is 19.3. The first-order valence-corrected chi connectivity index (χ1v) is 9.50. The first kappa shape index (κ1) is 19.6. The molecule has 4 rings (SSSR count). The van der Waals surface area contributed by atoms with Crippen molar-refractivity contribution < 1.29 is 18.3 Å². The van der Waals surface area contributed by atoms with Crippen LogP contribution in [0.1, 0.15) is 21.5 Å². The van der Waals surface area contributed by atoms with Crippen LogP contribution in [0, 0.1) is 6.92 Å². The van der Waals surface area contributed by atoms with Gasteiger partial charge in [0, 0.05) is 18.1 Å². The first-order valence-electron chi connectivity index (χ1n) is 9.50. The molecule has 152 valence electrons. The van der Waals surface area contributed by atoms with Crippen LogP contribution in [0.2, 0.25) is 0 Å². The van der Waals surface area contributed by atoms with Crippen LogP contribution in [0.25, 0.3) is 10.9 Å². The number of anilines is 1. The molecule has 1 aromatic heterocycles. The van der Waals surface area contributed by atoms with E-state index < -0.39 is 12.5 Å². The average Bonchev–Trinajstić information content (AvgIpc) is 3.07. The molecule has 0 spiro atoms. The van der Waals surface area contributed by atoms with Gasteiger partial charge in [0.05, 0.1) is 16.8 Å². The Kier molecular flexibility index (Phi) is 5.48. The van der Waals surface area contributed by atoms with Crippen molar-refractivity contribution in [3.05, 3.63) is 95.7 Å². The van der Waals surface area contributed by atoms with Crippen LogP contribution >= 0.6 is 0 Å². The van der Waals surface area contributed by atoms with Crippen LogP contribution in [0.5, 0.6) is 5.75 Å². The number of aromatic nitrogens is 1. The van der Waals surface area contributed by atoms with Gasteiger partial charge in [0.25, 0.3) is 5.91 Å². The number of ether oxygens (including phenoxy) is 1. The monoisotopic (exact) mass is 406 g/mol. The predicted octanol–water partition coefficient (Wildman–Crippen LogP) is 5.85. The number of benzene rings is 3. The van der Waals surface area contributed by atoms with Gasteiger partial charge in [0.2, 0.25) is 0 Å². The van der Waals surface area contributed by atoms with E-state index in [4.69, 9.17) is 0 Å². The molecule has 4 nitrogen and oxygen atoms in total. The van der Waals surface area contributed by atoms with Crippen molar-refractivity contribution in [2.75, 3.05) is 5.32 Å². The van der Waals surface area contributed by atoms with Crippen LogP contribution in [0.4, 0.5) is 14.5 Å². The number of hydrogen-bond acceptors (Lipinski definition) is 2. The highest BCUT2D eigenvalue weighted by Gasteiger charge is 2.17. The van der Waals surface area contributed by atoms with Crippen LogP contribution in [0.3, 0.4) is 0 Å². The molecule has 6 heteroatoms. The minimum Gasteiger partial charge on any atom is -0.434 e. The van der Waals surface area contributed by atoms with E-state index >= 15 is 0 Å². The first-order chi connectivity index (χ1) is 14.5. The summed E-state index contributed by atoms with van der Waals surface area (Å²) in [5.74, 6) is -0.669. The molecule has 0 aliphatic heterocycles. The van der Waals surface area contributed by atoms with Crippen molar-refractivity contribution in [3.63, 3.8) is 0 Å². The number of carbonyl (C=O) groups is 1.